The van der Waals surface area contributed by atoms with Gasteiger partial charge in [0.05, 0.1) is 11.9 Å². The van der Waals surface area contributed by atoms with Gasteiger partial charge in [-0.2, -0.15) is 5.10 Å². The van der Waals surface area contributed by atoms with Crippen LogP contribution in [-0.2, 0) is 11.3 Å². The van der Waals surface area contributed by atoms with E-state index in [2.05, 4.69) is 22.7 Å². The van der Waals surface area contributed by atoms with Crippen LogP contribution in [0.15, 0.2) is 12.4 Å². The lowest BCUT2D eigenvalue weighted by Crippen LogP contribution is -2.29. The molecule has 2 saturated carbocycles. The van der Waals surface area contributed by atoms with Crippen LogP contribution in [-0.4, -0.2) is 27.8 Å². The normalized spacial score (nSPS) is 25.6. The second-order valence-electron chi connectivity index (χ2n) is 6.12. The summed E-state index contributed by atoms with van der Waals surface area (Å²) in [5.74, 6) is 0.839. The molecule has 0 saturated heterocycles. The molecule has 1 aromatic rings. The minimum absolute atomic E-state index is 0.0643. The molecule has 0 bridgehead atoms. The maximum absolute atomic E-state index is 11.7. The number of anilines is 1. The first-order valence-electron chi connectivity index (χ1n) is 7.83. The van der Waals surface area contributed by atoms with Gasteiger partial charge in [-0.3, -0.25) is 9.48 Å². The summed E-state index contributed by atoms with van der Waals surface area (Å²) in [5.41, 5.74) is 1.04. The number of rotatable bonds is 6. The summed E-state index contributed by atoms with van der Waals surface area (Å²) in [7, 11) is 0. The van der Waals surface area contributed by atoms with E-state index in [4.69, 9.17) is 0 Å². The Hall–Kier alpha value is -1.52. The van der Waals surface area contributed by atoms with E-state index in [0.717, 1.165) is 24.4 Å². The fourth-order valence-electron chi connectivity index (χ4n) is 3.10. The van der Waals surface area contributed by atoms with Gasteiger partial charge in [-0.25, -0.2) is 0 Å². The Kier molecular flexibility index (Phi) is 3.94. The molecule has 0 radical (unpaired) electrons. The van der Waals surface area contributed by atoms with Crippen LogP contribution < -0.4 is 10.6 Å². The molecule has 2 unspecified atom stereocenters. The predicted octanol–water partition coefficient (Wildman–Crippen LogP) is 2.15. The highest BCUT2D eigenvalue weighted by atomic mass is 16.2. The molecule has 2 fully saturated rings. The first kappa shape index (κ1) is 13.5. The number of carbonyl (C=O) groups excluding carboxylic acids is 1. The zero-order chi connectivity index (χ0) is 13.9. The van der Waals surface area contributed by atoms with Gasteiger partial charge < -0.3 is 10.6 Å². The van der Waals surface area contributed by atoms with Crippen LogP contribution in [0.5, 0.6) is 0 Å². The van der Waals surface area contributed by atoms with E-state index in [1.54, 1.807) is 4.68 Å². The molecule has 0 spiro atoms. The van der Waals surface area contributed by atoms with Crippen LogP contribution in [0.3, 0.4) is 0 Å². The zero-order valence-corrected chi connectivity index (χ0v) is 12.1. The molecule has 2 atom stereocenters. The van der Waals surface area contributed by atoms with E-state index < -0.39 is 0 Å². The van der Waals surface area contributed by atoms with Crippen molar-refractivity contribution in [3.05, 3.63) is 12.4 Å². The topological polar surface area (TPSA) is 59.0 Å². The van der Waals surface area contributed by atoms with Gasteiger partial charge in [-0.05, 0) is 31.6 Å². The van der Waals surface area contributed by atoms with Crippen molar-refractivity contribution in [1.29, 1.82) is 0 Å². The summed E-state index contributed by atoms with van der Waals surface area (Å²) in [6.07, 6.45) is 11.1. The fourth-order valence-corrected chi connectivity index (χ4v) is 3.10. The maximum atomic E-state index is 11.7. The van der Waals surface area contributed by atoms with Gasteiger partial charge in [0.15, 0.2) is 0 Å². The minimum atomic E-state index is 0.0643. The van der Waals surface area contributed by atoms with Crippen LogP contribution in [0.4, 0.5) is 5.69 Å². The quantitative estimate of drug-likeness (QED) is 0.837. The van der Waals surface area contributed by atoms with Crippen molar-refractivity contribution in [2.75, 3.05) is 5.32 Å². The van der Waals surface area contributed by atoms with Crippen molar-refractivity contribution in [1.82, 2.24) is 15.1 Å². The molecule has 2 aliphatic rings. The zero-order valence-electron chi connectivity index (χ0n) is 12.1. The average Bonchev–Trinajstić information content (AvgIpc) is 2.95. The Morgan fingerprint density at radius 2 is 2.25 bits per heavy atom. The molecule has 2 aliphatic carbocycles. The maximum Gasteiger partial charge on any atom is 0.241 e. The minimum Gasteiger partial charge on any atom is -0.379 e. The number of aromatic nitrogens is 2. The Morgan fingerprint density at radius 3 is 3.00 bits per heavy atom. The highest BCUT2D eigenvalue weighted by molar-refractivity contribution is 5.76. The van der Waals surface area contributed by atoms with E-state index in [1.165, 1.54) is 25.7 Å². The second kappa shape index (κ2) is 5.85. The molecule has 1 amide bonds. The molecule has 110 valence electrons. The molecule has 1 aromatic heterocycles. The molecule has 0 aliphatic heterocycles. The molecule has 1 heterocycles. The van der Waals surface area contributed by atoms with E-state index >= 15 is 0 Å². The summed E-state index contributed by atoms with van der Waals surface area (Å²) in [4.78, 5) is 11.7. The molecule has 3 rings (SSSR count). The lowest BCUT2D eigenvalue weighted by molar-refractivity contribution is -0.122. The first-order valence-corrected chi connectivity index (χ1v) is 7.83. The Labute approximate surface area is 120 Å². The number of nitrogens with zero attached hydrogens (tertiary/aromatic N) is 2. The van der Waals surface area contributed by atoms with Gasteiger partial charge in [0.1, 0.15) is 6.54 Å². The number of amides is 1. The Morgan fingerprint density at radius 1 is 1.40 bits per heavy atom. The van der Waals surface area contributed by atoms with Gasteiger partial charge in [-0.1, -0.05) is 19.8 Å². The van der Waals surface area contributed by atoms with E-state index in [9.17, 15) is 4.79 Å². The first-order chi connectivity index (χ1) is 9.74. The van der Waals surface area contributed by atoms with Crippen molar-refractivity contribution < 1.29 is 4.79 Å². The summed E-state index contributed by atoms with van der Waals surface area (Å²) in [6, 6.07) is 0.984. The molecule has 5 heteroatoms. The van der Waals surface area contributed by atoms with Crippen LogP contribution in [0.25, 0.3) is 0 Å². The van der Waals surface area contributed by atoms with Crippen LogP contribution in [0.1, 0.15) is 45.4 Å². The van der Waals surface area contributed by atoms with Crippen LogP contribution in [0.2, 0.25) is 0 Å². The predicted molar refractivity (Wildman–Crippen MR) is 78.4 cm³/mol. The summed E-state index contributed by atoms with van der Waals surface area (Å²) in [5, 5.41) is 10.8. The third-order valence-corrected chi connectivity index (χ3v) is 4.42. The van der Waals surface area contributed by atoms with E-state index in [1.807, 2.05) is 12.4 Å². The smallest absolute Gasteiger partial charge is 0.241 e. The average molecular weight is 276 g/mol. The summed E-state index contributed by atoms with van der Waals surface area (Å²) in [6.45, 7) is 2.58. The summed E-state index contributed by atoms with van der Waals surface area (Å²) >= 11 is 0. The highest BCUT2D eigenvalue weighted by Gasteiger charge is 2.26. The van der Waals surface area contributed by atoms with Crippen molar-refractivity contribution >= 4 is 11.6 Å². The van der Waals surface area contributed by atoms with Gasteiger partial charge >= 0.3 is 0 Å². The number of hydrogen-bond acceptors (Lipinski definition) is 3. The number of carbonyl (C=O) groups is 1. The molecule has 5 nitrogen and oxygen atoms in total. The van der Waals surface area contributed by atoms with Gasteiger partial charge in [-0.15, -0.1) is 0 Å². The second-order valence-corrected chi connectivity index (χ2v) is 6.12. The van der Waals surface area contributed by atoms with Gasteiger partial charge in [0.25, 0.3) is 0 Å². The van der Waals surface area contributed by atoms with Crippen molar-refractivity contribution in [3.63, 3.8) is 0 Å². The van der Waals surface area contributed by atoms with Crippen LogP contribution in [0, 0.1) is 5.92 Å². The van der Waals surface area contributed by atoms with Crippen molar-refractivity contribution in [3.8, 4) is 0 Å². The Balaban J connectivity index is 1.52. The van der Waals surface area contributed by atoms with E-state index in [0.29, 0.717) is 18.6 Å². The lowest BCUT2D eigenvalue weighted by Gasteiger charge is -2.19. The fraction of sp³-hybridized carbons (Fsp3) is 0.733. The lowest BCUT2D eigenvalue weighted by atomic mass is 10.0. The van der Waals surface area contributed by atoms with Gasteiger partial charge in [0.2, 0.25) is 5.91 Å². The molecule has 20 heavy (non-hydrogen) atoms. The standard InChI is InChI=1S/C15H24N4O/c1-2-11-4-3-5-14(11)17-13-8-16-19(9-13)10-15(20)18-12-6-7-12/h8-9,11-12,14,17H,2-7,10H2,1H3,(H,18,20). The van der Waals surface area contributed by atoms with E-state index in [-0.39, 0.29) is 5.91 Å². The molecular formula is C15H24N4O. The molecule has 2 N–H and O–H groups in total. The third-order valence-electron chi connectivity index (χ3n) is 4.42. The monoisotopic (exact) mass is 276 g/mol. The van der Waals surface area contributed by atoms with Gasteiger partial charge in [0, 0.05) is 18.3 Å². The number of hydrogen-bond donors (Lipinski definition) is 2. The third kappa shape index (κ3) is 3.32. The Bertz CT molecular complexity index is 466. The molecular weight excluding hydrogens is 252 g/mol. The number of nitrogens with one attached hydrogen (secondary N) is 2. The van der Waals surface area contributed by atoms with Crippen molar-refractivity contribution in [2.24, 2.45) is 5.92 Å². The van der Waals surface area contributed by atoms with Crippen molar-refractivity contribution in [2.45, 2.75) is 64.1 Å². The summed E-state index contributed by atoms with van der Waals surface area (Å²) < 4.78 is 1.72. The molecule has 0 aromatic carbocycles. The highest BCUT2D eigenvalue weighted by Crippen LogP contribution is 2.30. The largest absolute Gasteiger partial charge is 0.379 e. The van der Waals surface area contributed by atoms with Crippen LogP contribution >= 0.6 is 0 Å². The SMILES string of the molecule is CCC1CCCC1Nc1cnn(CC(=O)NC2CC2)c1.